The summed E-state index contributed by atoms with van der Waals surface area (Å²) in [5, 5.41) is 2.98. The average Bonchev–Trinajstić information content (AvgIpc) is 2.51. The summed E-state index contributed by atoms with van der Waals surface area (Å²) >= 11 is 0. The van der Waals surface area contributed by atoms with Crippen LogP contribution in [0.15, 0.2) is 42.7 Å². The second kappa shape index (κ2) is 8.44. The molecule has 0 unspecified atom stereocenters. The highest BCUT2D eigenvalue weighted by Gasteiger charge is 2.06. The summed E-state index contributed by atoms with van der Waals surface area (Å²) in [6.45, 7) is 5.76. The first kappa shape index (κ1) is 17.2. The highest BCUT2D eigenvalue weighted by Crippen LogP contribution is 2.14. The lowest BCUT2D eigenvalue weighted by molar-refractivity contribution is -0.116. The minimum Gasteiger partial charge on any atom is -0.326 e. The zero-order valence-electron chi connectivity index (χ0n) is 14.2. The second-order valence-corrected chi connectivity index (χ2v) is 6.08. The monoisotopic (exact) mass is 311 g/mol. The predicted molar refractivity (Wildman–Crippen MR) is 94.6 cm³/mol. The Morgan fingerprint density at radius 3 is 2.39 bits per heavy atom. The third-order valence-electron chi connectivity index (χ3n) is 3.76. The molecular weight excluding hydrogens is 286 g/mol. The smallest absolute Gasteiger partial charge is 0.225 e. The molecule has 0 bridgehead atoms. The van der Waals surface area contributed by atoms with Crippen molar-refractivity contribution < 1.29 is 4.79 Å². The van der Waals surface area contributed by atoms with E-state index in [0.29, 0.717) is 6.42 Å². The van der Waals surface area contributed by atoms with Crippen molar-refractivity contribution >= 4 is 11.6 Å². The molecule has 4 nitrogen and oxygen atoms in total. The number of likely N-dealkylation sites (N-methyl/N-ethyl adjacent to an activating group) is 1. The highest BCUT2D eigenvalue weighted by atomic mass is 16.1. The van der Waals surface area contributed by atoms with E-state index in [-0.39, 0.29) is 5.91 Å². The van der Waals surface area contributed by atoms with E-state index in [0.717, 1.165) is 36.3 Å². The van der Waals surface area contributed by atoms with E-state index in [9.17, 15) is 4.79 Å². The molecule has 0 atom stereocenters. The third kappa shape index (κ3) is 6.20. The van der Waals surface area contributed by atoms with Crippen molar-refractivity contribution in [2.24, 2.45) is 0 Å². The molecule has 0 aliphatic heterocycles. The Morgan fingerprint density at radius 1 is 1.09 bits per heavy atom. The van der Waals surface area contributed by atoms with Crippen LogP contribution in [-0.4, -0.2) is 35.9 Å². The minimum atomic E-state index is 0.0609. The average molecular weight is 311 g/mol. The lowest BCUT2D eigenvalue weighted by Crippen LogP contribution is -2.26. The lowest BCUT2D eigenvalue weighted by atomic mass is 10.1. The number of hydrogen-bond acceptors (Lipinski definition) is 3. The molecule has 0 saturated heterocycles. The van der Waals surface area contributed by atoms with Gasteiger partial charge in [-0.25, -0.2) is 0 Å². The molecule has 122 valence electrons. The van der Waals surface area contributed by atoms with Crippen LogP contribution in [-0.2, 0) is 11.2 Å². The van der Waals surface area contributed by atoms with Gasteiger partial charge in [0.2, 0.25) is 5.91 Å². The van der Waals surface area contributed by atoms with Crippen LogP contribution >= 0.6 is 0 Å². The molecule has 1 aromatic heterocycles. The van der Waals surface area contributed by atoms with Crippen molar-refractivity contribution in [3.8, 4) is 0 Å². The minimum absolute atomic E-state index is 0.0609. The van der Waals surface area contributed by atoms with Crippen LogP contribution in [0.5, 0.6) is 0 Å². The summed E-state index contributed by atoms with van der Waals surface area (Å²) in [7, 11) is 2.05. The summed E-state index contributed by atoms with van der Waals surface area (Å²) in [6.07, 6.45) is 5.09. The fraction of sp³-hybridized carbons (Fsp3) is 0.368. The number of benzene rings is 1. The molecule has 2 aromatic rings. The number of nitrogens with one attached hydrogen (secondary N) is 1. The number of pyridine rings is 1. The SMILES string of the molecule is Cc1cc(C)cc(NC(=O)CCN(C)CCc2ccncc2)c1. The van der Waals surface area contributed by atoms with E-state index in [1.165, 1.54) is 5.56 Å². The van der Waals surface area contributed by atoms with Gasteiger partial charge in [0.05, 0.1) is 0 Å². The van der Waals surface area contributed by atoms with Crippen LogP contribution in [0.25, 0.3) is 0 Å². The number of nitrogens with zero attached hydrogens (tertiary/aromatic N) is 2. The first-order chi connectivity index (χ1) is 11.0. The molecular formula is C19H25N3O. The second-order valence-electron chi connectivity index (χ2n) is 6.08. The third-order valence-corrected chi connectivity index (χ3v) is 3.76. The lowest BCUT2D eigenvalue weighted by Gasteiger charge is -2.16. The van der Waals surface area contributed by atoms with Crippen LogP contribution in [0.2, 0.25) is 0 Å². The Hall–Kier alpha value is -2.20. The first-order valence-electron chi connectivity index (χ1n) is 7.98. The topological polar surface area (TPSA) is 45.2 Å². The normalized spacial score (nSPS) is 10.8. The molecule has 4 heteroatoms. The van der Waals surface area contributed by atoms with Crippen molar-refractivity contribution in [2.45, 2.75) is 26.7 Å². The van der Waals surface area contributed by atoms with Gasteiger partial charge in [-0.1, -0.05) is 6.07 Å². The van der Waals surface area contributed by atoms with E-state index >= 15 is 0 Å². The van der Waals surface area contributed by atoms with Gasteiger partial charge in [-0.05, 0) is 68.3 Å². The van der Waals surface area contributed by atoms with E-state index in [2.05, 4.69) is 21.3 Å². The molecule has 1 N–H and O–H groups in total. The molecule has 1 amide bonds. The molecule has 0 saturated carbocycles. The van der Waals surface area contributed by atoms with Crippen LogP contribution < -0.4 is 5.32 Å². The van der Waals surface area contributed by atoms with Crippen molar-refractivity contribution in [1.29, 1.82) is 0 Å². The summed E-state index contributed by atoms with van der Waals surface area (Å²) < 4.78 is 0. The molecule has 1 aromatic carbocycles. The molecule has 0 aliphatic rings. The Kier molecular flexibility index (Phi) is 6.29. The molecule has 0 fully saturated rings. The maximum atomic E-state index is 12.1. The molecule has 2 rings (SSSR count). The van der Waals surface area contributed by atoms with Gasteiger partial charge < -0.3 is 10.2 Å². The van der Waals surface area contributed by atoms with Crippen LogP contribution in [0.4, 0.5) is 5.69 Å². The van der Waals surface area contributed by atoms with Gasteiger partial charge in [0.1, 0.15) is 0 Å². The van der Waals surface area contributed by atoms with E-state index < -0.39 is 0 Å². The van der Waals surface area contributed by atoms with E-state index in [1.54, 1.807) is 0 Å². The summed E-state index contributed by atoms with van der Waals surface area (Å²) in [5.41, 5.74) is 4.48. The Morgan fingerprint density at radius 2 is 1.74 bits per heavy atom. The largest absolute Gasteiger partial charge is 0.326 e. The van der Waals surface area contributed by atoms with Crippen LogP contribution in [0.1, 0.15) is 23.1 Å². The number of anilines is 1. The summed E-state index contributed by atoms with van der Waals surface area (Å²) in [4.78, 5) is 18.3. The molecule has 1 heterocycles. The zero-order chi connectivity index (χ0) is 16.7. The van der Waals surface area contributed by atoms with E-state index in [4.69, 9.17) is 0 Å². The van der Waals surface area contributed by atoms with Gasteiger partial charge in [-0.3, -0.25) is 9.78 Å². The van der Waals surface area contributed by atoms with Gasteiger partial charge in [-0.2, -0.15) is 0 Å². The van der Waals surface area contributed by atoms with Crippen molar-refractivity contribution in [1.82, 2.24) is 9.88 Å². The van der Waals surface area contributed by atoms with Crippen molar-refractivity contribution in [3.63, 3.8) is 0 Å². The predicted octanol–water partition coefficient (Wildman–Crippen LogP) is 3.20. The van der Waals surface area contributed by atoms with Gasteiger partial charge >= 0.3 is 0 Å². The van der Waals surface area contributed by atoms with E-state index in [1.807, 2.05) is 57.6 Å². The standard InChI is InChI=1S/C19H25N3O/c1-15-12-16(2)14-18(13-15)21-19(23)7-11-22(3)10-6-17-4-8-20-9-5-17/h4-5,8-9,12-14H,6-7,10-11H2,1-3H3,(H,21,23). The Bertz CT molecular complexity index is 620. The fourth-order valence-electron chi connectivity index (χ4n) is 2.54. The quantitative estimate of drug-likeness (QED) is 0.854. The summed E-state index contributed by atoms with van der Waals surface area (Å²) in [5.74, 6) is 0.0609. The zero-order valence-corrected chi connectivity index (χ0v) is 14.2. The van der Waals surface area contributed by atoms with Gasteiger partial charge in [0.15, 0.2) is 0 Å². The van der Waals surface area contributed by atoms with Crippen LogP contribution in [0, 0.1) is 13.8 Å². The Labute approximate surface area is 138 Å². The first-order valence-corrected chi connectivity index (χ1v) is 7.98. The number of carbonyl (C=O) groups is 1. The number of aryl methyl sites for hydroxylation is 2. The van der Waals surface area contributed by atoms with Crippen molar-refractivity contribution in [2.75, 3.05) is 25.5 Å². The number of amides is 1. The fourth-order valence-corrected chi connectivity index (χ4v) is 2.54. The molecule has 0 aliphatic carbocycles. The maximum absolute atomic E-state index is 12.1. The van der Waals surface area contributed by atoms with Crippen LogP contribution in [0.3, 0.4) is 0 Å². The Balaban J connectivity index is 1.73. The highest BCUT2D eigenvalue weighted by molar-refractivity contribution is 5.91. The van der Waals surface area contributed by atoms with Crippen molar-refractivity contribution in [3.05, 3.63) is 59.4 Å². The van der Waals surface area contributed by atoms with Gasteiger partial charge in [-0.15, -0.1) is 0 Å². The maximum Gasteiger partial charge on any atom is 0.225 e. The summed E-state index contributed by atoms with van der Waals surface area (Å²) in [6, 6.07) is 10.2. The number of carbonyl (C=O) groups excluding carboxylic acids is 1. The molecule has 0 spiro atoms. The molecule has 23 heavy (non-hydrogen) atoms. The number of rotatable bonds is 7. The van der Waals surface area contributed by atoms with Gasteiger partial charge in [0, 0.05) is 37.6 Å². The molecule has 0 radical (unpaired) electrons. The number of aromatic nitrogens is 1. The van der Waals surface area contributed by atoms with Gasteiger partial charge in [0.25, 0.3) is 0 Å². The number of hydrogen-bond donors (Lipinski definition) is 1.